The van der Waals surface area contributed by atoms with Gasteiger partial charge in [0, 0.05) is 19.6 Å². The highest BCUT2D eigenvalue weighted by atomic mass is 35.5. The molecule has 1 rings (SSSR count). The molecular weight excluding hydrogens is 293 g/mol. The summed E-state index contributed by atoms with van der Waals surface area (Å²) in [5.41, 5.74) is 6.79. The Morgan fingerprint density at radius 3 is 2.43 bits per heavy atom. The molecule has 1 atom stereocenters. The molecule has 6 heteroatoms. The average Bonchev–Trinajstić information content (AvgIpc) is 2.40. The monoisotopic (exact) mass is 317 g/mol. The summed E-state index contributed by atoms with van der Waals surface area (Å²) in [7, 11) is 1.96. The standard InChI is InChI=1S/C15H24FN3O.ClH/c1-11(2)14(17)15(20)18-8-9-19(3)10-12-4-6-13(16)7-5-12;/h4-7,11,14H,8-10,17H2,1-3H3,(H,18,20);1H/t14-;/m0./s1. The van der Waals surface area contributed by atoms with E-state index in [0.29, 0.717) is 19.6 Å². The van der Waals surface area contributed by atoms with Crippen LogP contribution < -0.4 is 11.1 Å². The number of nitrogens with two attached hydrogens (primary N) is 1. The quantitative estimate of drug-likeness (QED) is 0.806. The van der Waals surface area contributed by atoms with Crippen molar-refractivity contribution >= 4 is 18.3 Å². The lowest BCUT2D eigenvalue weighted by Gasteiger charge is -2.19. The highest BCUT2D eigenvalue weighted by Gasteiger charge is 2.16. The van der Waals surface area contributed by atoms with Crippen molar-refractivity contribution in [3.63, 3.8) is 0 Å². The van der Waals surface area contributed by atoms with Crippen molar-refractivity contribution < 1.29 is 9.18 Å². The van der Waals surface area contributed by atoms with Gasteiger partial charge in [-0.15, -0.1) is 12.4 Å². The van der Waals surface area contributed by atoms with Gasteiger partial charge in [-0.25, -0.2) is 4.39 Å². The van der Waals surface area contributed by atoms with Crippen LogP contribution in [0.1, 0.15) is 19.4 Å². The number of rotatable bonds is 7. The number of hydrogen-bond acceptors (Lipinski definition) is 3. The molecule has 1 aromatic rings. The summed E-state index contributed by atoms with van der Waals surface area (Å²) in [5, 5.41) is 2.82. The Balaban J connectivity index is 0.00000400. The minimum Gasteiger partial charge on any atom is -0.353 e. The third-order valence-electron chi connectivity index (χ3n) is 3.18. The van der Waals surface area contributed by atoms with E-state index in [-0.39, 0.29) is 30.0 Å². The van der Waals surface area contributed by atoms with Gasteiger partial charge in [0.2, 0.25) is 5.91 Å². The fraction of sp³-hybridized carbons (Fsp3) is 0.533. The van der Waals surface area contributed by atoms with E-state index in [1.54, 1.807) is 12.1 Å². The molecular formula is C15H25ClFN3O. The minimum atomic E-state index is -0.461. The summed E-state index contributed by atoms with van der Waals surface area (Å²) in [6, 6.07) is 5.97. The summed E-state index contributed by atoms with van der Waals surface area (Å²) in [4.78, 5) is 13.7. The predicted molar refractivity (Wildman–Crippen MR) is 85.8 cm³/mol. The Bertz CT molecular complexity index is 425. The maximum Gasteiger partial charge on any atom is 0.237 e. The van der Waals surface area contributed by atoms with E-state index < -0.39 is 6.04 Å². The number of benzene rings is 1. The van der Waals surface area contributed by atoms with Crippen molar-refractivity contribution in [3.8, 4) is 0 Å². The number of carbonyl (C=O) groups excluding carboxylic acids is 1. The Morgan fingerprint density at radius 2 is 1.90 bits per heavy atom. The lowest BCUT2D eigenvalue weighted by atomic mass is 10.1. The molecule has 0 fully saturated rings. The zero-order valence-electron chi connectivity index (χ0n) is 12.8. The van der Waals surface area contributed by atoms with Crippen LogP contribution in [0.4, 0.5) is 4.39 Å². The van der Waals surface area contributed by atoms with Crippen LogP contribution in [0, 0.1) is 11.7 Å². The van der Waals surface area contributed by atoms with Crippen LogP contribution in [0.3, 0.4) is 0 Å². The highest BCUT2D eigenvalue weighted by Crippen LogP contribution is 2.05. The van der Waals surface area contributed by atoms with Gasteiger partial charge in [0.1, 0.15) is 5.82 Å². The van der Waals surface area contributed by atoms with E-state index in [4.69, 9.17) is 5.73 Å². The molecule has 0 bridgehead atoms. The average molecular weight is 318 g/mol. The van der Waals surface area contributed by atoms with Crippen molar-refractivity contribution in [1.29, 1.82) is 0 Å². The van der Waals surface area contributed by atoms with Crippen molar-refractivity contribution in [3.05, 3.63) is 35.6 Å². The largest absolute Gasteiger partial charge is 0.353 e. The van der Waals surface area contributed by atoms with E-state index in [9.17, 15) is 9.18 Å². The Labute approximate surface area is 132 Å². The second-order valence-electron chi connectivity index (χ2n) is 5.43. The van der Waals surface area contributed by atoms with Gasteiger partial charge in [0.15, 0.2) is 0 Å². The molecule has 120 valence electrons. The normalized spacial score (nSPS) is 12.1. The first kappa shape index (κ1) is 19.8. The van der Waals surface area contributed by atoms with Crippen molar-refractivity contribution in [2.45, 2.75) is 26.4 Å². The molecule has 4 nitrogen and oxygen atoms in total. The molecule has 0 aliphatic heterocycles. The first-order valence-electron chi connectivity index (χ1n) is 6.86. The van der Waals surface area contributed by atoms with E-state index >= 15 is 0 Å². The number of likely N-dealkylation sites (N-methyl/N-ethyl adjacent to an activating group) is 1. The molecule has 0 aliphatic carbocycles. The third-order valence-corrected chi connectivity index (χ3v) is 3.18. The number of nitrogens with zero attached hydrogens (tertiary/aromatic N) is 1. The third kappa shape index (κ3) is 7.41. The van der Waals surface area contributed by atoms with Crippen LogP contribution in [0.2, 0.25) is 0 Å². The van der Waals surface area contributed by atoms with Crippen LogP contribution in [-0.2, 0) is 11.3 Å². The second-order valence-corrected chi connectivity index (χ2v) is 5.43. The highest BCUT2D eigenvalue weighted by molar-refractivity contribution is 5.85. The van der Waals surface area contributed by atoms with Crippen LogP contribution in [0.25, 0.3) is 0 Å². The van der Waals surface area contributed by atoms with E-state index in [1.807, 2.05) is 20.9 Å². The lowest BCUT2D eigenvalue weighted by Crippen LogP contribution is -2.45. The maximum atomic E-state index is 12.8. The Kier molecular flexibility index (Phi) is 9.17. The smallest absolute Gasteiger partial charge is 0.237 e. The molecule has 0 unspecified atom stereocenters. The van der Waals surface area contributed by atoms with E-state index in [1.165, 1.54) is 12.1 Å². The number of amides is 1. The molecule has 0 aromatic heterocycles. The van der Waals surface area contributed by atoms with Gasteiger partial charge in [-0.05, 0) is 30.7 Å². The fourth-order valence-corrected chi connectivity index (χ4v) is 1.77. The zero-order valence-corrected chi connectivity index (χ0v) is 13.6. The van der Waals surface area contributed by atoms with Gasteiger partial charge >= 0.3 is 0 Å². The SMILES string of the molecule is CC(C)[C@H](N)C(=O)NCCN(C)Cc1ccc(F)cc1.Cl. The molecule has 3 N–H and O–H groups in total. The first-order chi connectivity index (χ1) is 9.40. The topological polar surface area (TPSA) is 58.4 Å². The number of halogens is 2. The van der Waals surface area contributed by atoms with Gasteiger partial charge in [-0.2, -0.15) is 0 Å². The summed E-state index contributed by atoms with van der Waals surface area (Å²) in [6.07, 6.45) is 0. The van der Waals surface area contributed by atoms with Crippen LogP contribution in [0.5, 0.6) is 0 Å². The molecule has 0 heterocycles. The molecule has 0 aliphatic rings. The molecule has 1 aromatic carbocycles. The van der Waals surface area contributed by atoms with Crippen LogP contribution >= 0.6 is 12.4 Å². The maximum absolute atomic E-state index is 12.8. The lowest BCUT2D eigenvalue weighted by molar-refractivity contribution is -0.123. The number of hydrogen-bond donors (Lipinski definition) is 2. The minimum absolute atomic E-state index is 0. The first-order valence-corrected chi connectivity index (χ1v) is 6.86. The van der Waals surface area contributed by atoms with E-state index in [2.05, 4.69) is 10.2 Å². The van der Waals surface area contributed by atoms with Gasteiger partial charge in [0.05, 0.1) is 6.04 Å². The fourth-order valence-electron chi connectivity index (χ4n) is 1.77. The summed E-state index contributed by atoms with van der Waals surface area (Å²) in [6.45, 7) is 5.83. The summed E-state index contributed by atoms with van der Waals surface area (Å²) < 4.78 is 12.8. The van der Waals surface area contributed by atoms with E-state index in [0.717, 1.165) is 5.56 Å². The van der Waals surface area contributed by atoms with Crippen molar-refractivity contribution in [2.75, 3.05) is 20.1 Å². The number of carbonyl (C=O) groups is 1. The van der Waals surface area contributed by atoms with Crippen molar-refractivity contribution in [2.24, 2.45) is 11.7 Å². The Morgan fingerprint density at radius 1 is 1.33 bits per heavy atom. The second kappa shape index (κ2) is 9.71. The molecule has 0 saturated heterocycles. The van der Waals surface area contributed by atoms with Gasteiger partial charge < -0.3 is 16.0 Å². The van der Waals surface area contributed by atoms with Gasteiger partial charge in [-0.3, -0.25) is 4.79 Å². The summed E-state index contributed by atoms with van der Waals surface area (Å²) in [5.74, 6) is -0.214. The molecule has 21 heavy (non-hydrogen) atoms. The predicted octanol–water partition coefficient (Wildman–Crippen LogP) is 1.78. The molecule has 0 spiro atoms. The summed E-state index contributed by atoms with van der Waals surface area (Å²) >= 11 is 0. The molecule has 0 radical (unpaired) electrons. The van der Waals surface area contributed by atoms with Crippen LogP contribution in [0.15, 0.2) is 24.3 Å². The molecule has 0 saturated carbocycles. The zero-order chi connectivity index (χ0) is 15.1. The van der Waals surface area contributed by atoms with Crippen molar-refractivity contribution in [1.82, 2.24) is 10.2 Å². The molecule has 1 amide bonds. The van der Waals surface area contributed by atoms with Gasteiger partial charge in [0.25, 0.3) is 0 Å². The van der Waals surface area contributed by atoms with Gasteiger partial charge in [-0.1, -0.05) is 26.0 Å². The van der Waals surface area contributed by atoms with Crippen LogP contribution in [-0.4, -0.2) is 37.0 Å². The number of nitrogens with one attached hydrogen (secondary N) is 1. The Hall–Kier alpha value is -1.17.